The predicted molar refractivity (Wildman–Crippen MR) is 49.8 cm³/mol. The third kappa shape index (κ3) is 1.56. The Labute approximate surface area is 80.0 Å². The van der Waals surface area contributed by atoms with Crippen LogP contribution in [0.3, 0.4) is 0 Å². The molecule has 0 spiro atoms. The minimum atomic E-state index is -0.829. The number of pyridine rings is 1. The van der Waals surface area contributed by atoms with E-state index >= 15 is 0 Å². The van der Waals surface area contributed by atoms with E-state index in [1.54, 1.807) is 17.1 Å². The number of aromatic nitrogens is 3. The molecule has 5 nitrogen and oxygen atoms in total. The van der Waals surface area contributed by atoms with Gasteiger partial charge in [-0.3, -0.25) is 4.79 Å². The maximum atomic E-state index is 10.4. The van der Waals surface area contributed by atoms with E-state index in [-0.39, 0.29) is 6.42 Å². The summed E-state index contributed by atoms with van der Waals surface area (Å²) >= 11 is 0. The van der Waals surface area contributed by atoms with Crippen LogP contribution in [0, 0.1) is 0 Å². The fourth-order valence-electron chi connectivity index (χ4n) is 1.28. The van der Waals surface area contributed by atoms with E-state index in [0.29, 0.717) is 6.54 Å². The molecule has 0 aliphatic rings. The Morgan fingerprint density at radius 1 is 1.57 bits per heavy atom. The van der Waals surface area contributed by atoms with Gasteiger partial charge in [0.1, 0.15) is 0 Å². The van der Waals surface area contributed by atoms with Crippen molar-refractivity contribution in [2.24, 2.45) is 0 Å². The molecule has 0 aliphatic carbocycles. The molecular weight excluding hydrogens is 182 g/mol. The van der Waals surface area contributed by atoms with Gasteiger partial charge in [-0.25, -0.2) is 9.67 Å². The summed E-state index contributed by atoms with van der Waals surface area (Å²) in [6.07, 6.45) is 3.42. The molecule has 0 bridgehead atoms. The summed E-state index contributed by atoms with van der Waals surface area (Å²) in [5.41, 5.74) is 0.730. The summed E-state index contributed by atoms with van der Waals surface area (Å²) in [6.45, 7) is 0.357. The van der Waals surface area contributed by atoms with Gasteiger partial charge < -0.3 is 5.11 Å². The molecule has 72 valence electrons. The van der Waals surface area contributed by atoms with Crippen molar-refractivity contribution in [1.82, 2.24) is 14.8 Å². The molecule has 2 aromatic heterocycles. The standard InChI is InChI=1S/C9H9N3O2/c13-8(14)3-5-12-9-7(6-11-12)2-1-4-10-9/h1-2,4,6H,3,5H2,(H,13,14). The number of rotatable bonds is 3. The molecule has 1 N–H and O–H groups in total. The first-order chi connectivity index (χ1) is 6.77. The van der Waals surface area contributed by atoms with Gasteiger partial charge in [0.2, 0.25) is 0 Å². The molecule has 0 unspecified atom stereocenters. The van der Waals surface area contributed by atoms with Crippen LogP contribution in [0.2, 0.25) is 0 Å². The van der Waals surface area contributed by atoms with Crippen molar-refractivity contribution in [3.63, 3.8) is 0 Å². The lowest BCUT2D eigenvalue weighted by molar-refractivity contribution is -0.137. The van der Waals surface area contributed by atoms with Crippen molar-refractivity contribution in [1.29, 1.82) is 0 Å². The molecule has 0 fully saturated rings. The van der Waals surface area contributed by atoms with Crippen LogP contribution in [0.1, 0.15) is 6.42 Å². The van der Waals surface area contributed by atoms with Gasteiger partial charge >= 0.3 is 5.97 Å². The Balaban J connectivity index is 2.29. The monoisotopic (exact) mass is 191 g/mol. The maximum absolute atomic E-state index is 10.4. The van der Waals surface area contributed by atoms with Gasteiger partial charge in [0.15, 0.2) is 5.65 Å². The van der Waals surface area contributed by atoms with Crippen LogP contribution in [0.4, 0.5) is 0 Å². The number of hydrogen-bond acceptors (Lipinski definition) is 3. The zero-order valence-corrected chi connectivity index (χ0v) is 7.42. The molecular formula is C9H9N3O2. The van der Waals surface area contributed by atoms with E-state index in [1.807, 2.05) is 12.1 Å². The molecule has 0 saturated carbocycles. The number of hydrogen-bond donors (Lipinski definition) is 1. The minimum absolute atomic E-state index is 0.0629. The van der Waals surface area contributed by atoms with Gasteiger partial charge in [-0.15, -0.1) is 0 Å². The Bertz CT molecular complexity index is 464. The quantitative estimate of drug-likeness (QED) is 0.782. The van der Waals surface area contributed by atoms with Gasteiger partial charge in [-0.05, 0) is 12.1 Å². The van der Waals surface area contributed by atoms with Gasteiger partial charge in [-0.2, -0.15) is 5.10 Å². The lowest BCUT2D eigenvalue weighted by atomic mass is 10.3. The number of aryl methyl sites for hydroxylation is 1. The van der Waals surface area contributed by atoms with Crippen LogP contribution in [-0.4, -0.2) is 25.8 Å². The molecule has 0 atom stereocenters. The van der Waals surface area contributed by atoms with Crippen LogP contribution in [0.15, 0.2) is 24.5 Å². The van der Waals surface area contributed by atoms with Crippen molar-refractivity contribution >= 4 is 17.0 Å². The van der Waals surface area contributed by atoms with Crippen molar-refractivity contribution < 1.29 is 9.90 Å². The maximum Gasteiger partial charge on any atom is 0.305 e. The smallest absolute Gasteiger partial charge is 0.305 e. The molecule has 14 heavy (non-hydrogen) atoms. The molecule has 0 aromatic carbocycles. The first-order valence-corrected chi connectivity index (χ1v) is 4.26. The number of aliphatic carboxylic acids is 1. The Morgan fingerprint density at radius 3 is 3.21 bits per heavy atom. The highest BCUT2D eigenvalue weighted by Gasteiger charge is 2.04. The first kappa shape index (κ1) is 8.68. The van der Waals surface area contributed by atoms with Gasteiger partial charge in [0.25, 0.3) is 0 Å². The highest BCUT2D eigenvalue weighted by Crippen LogP contribution is 2.09. The number of fused-ring (bicyclic) bond motifs is 1. The summed E-state index contributed by atoms with van der Waals surface area (Å²) in [5, 5.41) is 13.5. The van der Waals surface area contributed by atoms with E-state index < -0.39 is 5.97 Å². The van der Waals surface area contributed by atoms with Crippen molar-refractivity contribution in [2.45, 2.75) is 13.0 Å². The van der Waals surface area contributed by atoms with E-state index in [1.165, 1.54) is 0 Å². The van der Waals surface area contributed by atoms with Crippen LogP contribution >= 0.6 is 0 Å². The summed E-state index contributed by atoms with van der Waals surface area (Å²) in [5.74, 6) is -0.829. The SMILES string of the molecule is O=C(O)CCn1ncc2cccnc21. The zero-order valence-electron chi connectivity index (χ0n) is 7.42. The molecule has 0 saturated heterocycles. The highest BCUT2D eigenvalue weighted by atomic mass is 16.4. The van der Waals surface area contributed by atoms with Gasteiger partial charge in [0.05, 0.1) is 19.2 Å². The van der Waals surface area contributed by atoms with Crippen LogP contribution in [0.25, 0.3) is 11.0 Å². The largest absolute Gasteiger partial charge is 0.481 e. The second-order valence-corrected chi connectivity index (χ2v) is 2.93. The molecule has 0 amide bonds. The summed E-state index contributed by atoms with van der Waals surface area (Å²) in [6, 6.07) is 3.72. The average Bonchev–Trinajstić information content (AvgIpc) is 2.58. The predicted octanol–water partition coefficient (Wildman–Crippen LogP) is 0.906. The molecule has 2 rings (SSSR count). The van der Waals surface area contributed by atoms with Crippen molar-refractivity contribution in [3.05, 3.63) is 24.5 Å². The van der Waals surface area contributed by atoms with Crippen LogP contribution in [0.5, 0.6) is 0 Å². The lowest BCUT2D eigenvalue weighted by Gasteiger charge is -1.98. The van der Waals surface area contributed by atoms with E-state index in [4.69, 9.17) is 5.11 Å². The Hall–Kier alpha value is -1.91. The first-order valence-electron chi connectivity index (χ1n) is 4.26. The second kappa shape index (κ2) is 3.45. The summed E-state index contributed by atoms with van der Waals surface area (Å²) < 4.78 is 1.60. The zero-order chi connectivity index (χ0) is 9.97. The van der Waals surface area contributed by atoms with E-state index in [0.717, 1.165) is 11.0 Å². The molecule has 0 aliphatic heterocycles. The van der Waals surface area contributed by atoms with Crippen molar-refractivity contribution in [3.8, 4) is 0 Å². The number of carbonyl (C=O) groups is 1. The number of carboxylic acid groups (broad SMARTS) is 1. The fourth-order valence-corrected chi connectivity index (χ4v) is 1.28. The fraction of sp³-hybridized carbons (Fsp3) is 0.222. The van der Waals surface area contributed by atoms with Crippen LogP contribution < -0.4 is 0 Å². The molecule has 0 radical (unpaired) electrons. The normalized spacial score (nSPS) is 10.6. The molecule has 2 aromatic rings. The van der Waals surface area contributed by atoms with Crippen molar-refractivity contribution in [2.75, 3.05) is 0 Å². The highest BCUT2D eigenvalue weighted by molar-refractivity contribution is 5.74. The lowest BCUT2D eigenvalue weighted by Crippen LogP contribution is -2.06. The Kier molecular flexibility index (Phi) is 2.14. The number of nitrogens with zero attached hydrogens (tertiary/aromatic N) is 3. The van der Waals surface area contributed by atoms with E-state index in [9.17, 15) is 4.79 Å². The number of carboxylic acids is 1. The Morgan fingerprint density at radius 2 is 2.43 bits per heavy atom. The topological polar surface area (TPSA) is 68.0 Å². The second-order valence-electron chi connectivity index (χ2n) is 2.93. The van der Waals surface area contributed by atoms with E-state index in [2.05, 4.69) is 10.1 Å². The average molecular weight is 191 g/mol. The van der Waals surface area contributed by atoms with Gasteiger partial charge in [-0.1, -0.05) is 0 Å². The molecule has 2 heterocycles. The van der Waals surface area contributed by atoms with Gasteiger partial charge in [0, 0.05) is 11.6 Å². The summed E-state index contributed by atoms with van der Waals surface area (Å²) in [4.78, 5) is 14.5. The van der Waals surface area contributed by atoms with Crippen LogP contribution in [-0.2, 0) is 11.3 Å². The summed E-state index contributed by atoms with van der Waals surface area (Å²) in [7, 11) is 0. The molecule has 5 heteroatoms. The third-order valence-corrected chi connectivity index (χ3v) is 1.94. The minimum Gasteiger partial charge on any atom is -0.481 e. The third-order valence-electron chi connectivity index (χ3n) is 1.94.